The third-order valence-corrected chi connectivity index (χ3v) is 3.17. The Labute approximate surface area is 135 Å². The van der Waals surface area contributed by atoms with E-state index in [2.05, 4.69) is 10.6 Å². The lowest BCUT2D eigenvalue weighted by Gasteiger charge is -2.10. The van der Waals surface area contributed by atoms with Gasteiger partial charge in [0.15, 0.2) is 0 Å². The van der Waals surface area contributed by atoms with Crippen molar-refractivity contribution in [1.82, 2.24) is 10.6 Å². The van der Waals surface area contributed by atoms with Crippen LogP contribution in [0.1, 0.15) is 35.0 Å². The molecule has 0 saturated heterocycles. The first-order chi connectivity index (χ1) is 11.1. The first-order valence-corrected chi connectivity index (χ1v) is 7.51. The van der Waals surface area contributed by atoms with Crippen LogP contribution in [0.4, 0.5) is 0 Å². The summed E-state index contributed by atoms with van der Waals surface area (Å²) in [6.07, 6.45) is 3.83. The van der Waals surface area contributed by atoms with Gasteiger partial charge in [-0.3, -0.25) is 9.59 Å². The van der Waals surface area contributed by atoms with Crippen LogP contribution in [0.5, 0.6) is 0 Å². The lowest BCUT2D eigenvalue weighted by Crippen LogP contribution is -2.35. The van der Waals surface area contributed by atoms with Gasteiger partial charge in [0.05, 0.1) is 6.26 Å². The van der Waals surface area contributed by atoms with Gasteiger partial charge in [-0.05, 0) is 37.6 Å². The van der Waals surface area contributed by atoms with Gasteiger partial charge in [0, 0.05) is 18.2 Å². The summed E-state index contributed by atoms with van der Waals surface area (Å²) in [4.78, 5) is 24.5. The Morgan fingerprint density at radius 1 is 1.17 bits per heavy atom. The highest BCUT2D eigenvalue weighted by Crippen LogP contribution is 2.08. The van der Waals surface area contributed by atoms with E-state index >= 15 is 0 Å². The molecule has 23 heavy (non-hydrogen) atoms. The Hall–Kier alpha value is -2.82. The summed E-state index contributed by atoms with van der Waals surface area (Å²) in [5.41, 5.74) is 1.71. The van der Waals surface area contributed by atoms with Gasteiger partial charge in [-0.2, -0.15) is 0 Å². The molecule has 0 radical (unpaired) electrons. The van der Waals surface area contributed by atoms with Crippen molar-refractivity contribution < 1.29 is 14.0 Å². The Kier molecular flexibility index (Phi) is 5.74. The molecular formula is C18H20N2O3. The summed E-state index contributed by atoms with van der Waals surface area (Å²) < 4.78 is 5.21. The summed E-state index contributed by atoms with van der Waals surface area (Å²) in [5.74, 6) is -0.186. The zero-order chi connectivity index (χ0) is 16.7. The van der Waals surface area contributed by atoms with Gasteiger partial charge < -0.3 is 15.1 Å². The van der Waals surface area contributed by atoms with E-state index in [1.165, 1.54) is 12.3 Å². The van der Waals surface area contributed by atoms with Crippen molar-refractivity contribution in [3.63, 3.8) is 0 Å². The maximum atomic E-state index is 12.3. The number of rotatable bonds is 6. The van der Waals surface area contributed by atoms with Gasteiger partial charge in [-0.15, -0.1) is 0 Å². The molecule has 2 N–H and O–H groups in total. The lowest BCUT2D eigenvalue weighted by molar-refractivity contribution is -0.117. The summed E-state index contributed by atoms with van der Waals surface area (Å²) in [6, 6.07) is 10.6. The van der Waals surface area contributed by atoms with E-state index < -0.39 is 0 Å². The van der Waals surface area contributed by atoms with E-state index in [0.29, 0.717) is 17.9 Å². The zero-order valence-corrected chi connectivity index (χ0v) is 13.3. The fraction of sp³-hybridized carbons (Fsp3) is 0.222. The zero-order valence-electron chi connectivity index (χ0n) is 13.3. The van der Waals surface area contributed by atoms with Crippen LogP contribution in [-0.2, 0) is 4.79 Å². The largest absolute Gasteiger partial charge is 0.465 e. The van der Waals surface area contributed by atoms with E-state index in [9.17, 15) is 9.59 Å². The number of aryl methyl sites for hydroxylation is 1. The van der Waals surface area contributed by atoms with Crippen LogP contribution in [-0.4, -0.2) is 18.4 Å². The van der Waals surface area contributed by atoms with Crippen LogP contribution in [0.15, 0.2) is 52.8 Å². The number of benzene rings is 1. The second-order valence-electron chi connectivity index (χ2n) is 5.15. The normalized spacial score (nSPS) is 11.1. The topological polar surface area (TPSA) is 71.3 Å². The summed E-state index contributed by atoms with van der Waals surface area (Å²) >= 11 is 0. The molecular weight excluding hydrogens is 292 g/mol. The van der Waals surface area contributed by atoms with E-state index in [1.807, 2.05) is 26.0 Å². The van der Waals surface area contributed by atoms with Gasteiger partial charge in [0.25, 0.3) is 11.8 Å². The molecule has 0 bridgehead atoms. The summed E-state index contributed by atoms with van der Waals surface area (Å²) in [7, 11) is 0. The summed E-state index contributed by atoms with van der Waals surface area (Å²) in [6.45, 7) is 4.44. The Balaban J connectivity index is 2.18. The van der Waals surface area contributed by atoms with Crippen molar-refractivity contribution in [1.29, 1.82) is 0 Å². The first-order valence-electron chi connectivity index (χ1n) is 7.51. The van der Waals surface area contributed by atoms with E-state index in [1.54, 1.807) is 24.3 Å². The van der Waals surface area contributed by atoms with Crippen LogP contribution < -0.4 is 10.6 Å². The van der Waals surface area contributed by atoms with Crippen LogP contribution in [0.3, 0.4) is 0 Å². The van der Waals surface area contributed by atoms with Crippen molar-refractivity contribution in [3.05, 3.63) is 65.2 Å². The van der Waals surface area contributed by atoms with Gasteiger partial charge in [-0.25, -0.2) is 0 Å². The van der Waals surface area contributed by atoms with Crippen LogP contribution in [0, 0.1) is 6.92 Å². The fourth-order valence-electron chi connectivity index (χ4n) is 1.91. The molecule has 0 aliphatic heterocycles. The van der Waals surface area contributed by atoms with E-state index in [4.69, 9.17) is 4.42 Å². The highest BCUT2D eigenvalue weighted by Gasteiger charge is 2.14. The monoisotopic (exact) mass is 312 g/mol. The predicted octanol–water partition coefficient (Wildman–Crippen LogP) is 2.89. The molecule has 5 nitrogen and oxygen atoms in total. The molecule has 2 rings (SSSR count). The molecule has 1 heterocycles. The highest BCUT2D eigenvalue weighted by molar-refractivity contribution is 6.05. The summed E-state index contributed by atoms with van der Waals surface area (Å²) in [5, 5.41) is 5.40. The number of carbonyl (C=O) groups is 2. The molecule has 0 saturated carbocycles. The lowest BCUT2D eigenvalue weighted by atomic mass is 10.1. The van der Waals surface area contributed by atoms with Crippen molar-refractivity contribution in [2.45, 2.75) is 20.3 Å². The van der Waals surface area contributed by atoms with Crippen molar-refractivity contribution in [2.75, 3.05) is 6.54 Å². The molecule has 1 aromatic heterocycles. The molecule has 2 amide bonds. The van der Waals surface area contributed by atoms with Crippen molar-refractivity contribution in [3.8, 4) is 0 Å². The second-order valence-corrected chi connectivity index (χ2v) is 5.15. The van der Waals surface area contributed by atoms with Crippen molar-refractivity contribution >= 4 is 17.9 Å². The smallest absolute Gasteiger partial charge is 0.267 e. The minimum Gasteiger partial charge on any atom is -0.465 e. The minimum atomic E-state index is -0.344. The molecule has 0 unspecified atom stereocenters. The average Bonchev–Trinajstić information content (AvgIpc) is 3.05. The molecule has 5 heteroatoms. The van der Waals surface area contributed by atoms with Crippen LogP contribution in [0.2, 0.25) is 0 Å². The second kappa shape index (κ2) is 7.98. The minimum absolute atomic E-state index is 0.152. The SMILES string of the molecule is CCCNC(=O)/C(=C/c1ccco1)NC(=O)c1ccc(C)cc1. The number of hydrogen-bond acceptors (Lipinski definition) is 3. The van der Waals surface area contributed by atoms with Crippen LogP contribution >= 0.6 is 0 Å². The van der Waals surface area contributed by atoms with Gasteiger partial charge >= 0.3 is 0 Å². The average molecular weight is 312 g/mol. The standard InChI is InChI=1S/C18H20N2O3/c1-3-10-19-18(22)16(12-15-5-4-11-23-15)20-17(21)14-8-6-13(2)7-9-14/h4-9,11-12H,3,10H2,1-2H3,(H,19,22)(H,20,21)/b16-12-. The third-order valence-electron chi connectivity index (χ3n) is 3.17. The fourth-order valence-corrected chi connectivity index (χ4v) is 1.91. The number of hydrogen-bond donors (Lipinski definition) is 2. The van der Waals surface area contributed by atoms with Crippen molar-refractivity contribution in [2.24, 2.45) is 0 Å². The maximum absolute atomic E-state index is 12.3. The number of carbonyl (C=O) groups excluding carboxylic acids is 2. The molecule has 0 fully saturated rings. The Morgan fingerprint density at radius 2 is 1.91 bits per heavy atom. The van der Waals surface area contributed by atoms with Crippen LogP contribution in [0.25, 0.3) is 6.08 Å². The third kappa shape index (κ3) is 4.85. The highest BCUT2D eigenvalue weighted by atomic mass is 16.3. The molecule has 0 atom stereocenters. The maximum Gasteiger partial charge on any atom is 0.267 e. The quantitative estimate of drug-likeness (QED) is 0.806. The molecule has 0 aliphatic carbocycles. The Bertz CT molecular complexity index is 686. The first kappa shape index (κ1) is 16.5. The number of furan rings is 1. The Morgan fingerprint density at radius 3 is 2.52 bits per heavy atom. The van der Waals surface area contributed by atoms with E-state index in [0.717, 1.165) is 12.0 Å². The number of nitrogens with one attached hydrogen (secondary N) is 2. The molecule has 120 valence electrons. The van der Waals surface area contributed by atoms with E-state index in [-0.39, 0.29) is 17.5 Å². The number of amides is 2. The predicted molar refractivity (Wildman–Crippen MR) is 88.6 cm³/mol. The van der Waals surface area contributed by atoms with Gasteiger partial charge in [0.2, 0.25) is 0 Å². The molecule has 1 aromatic carbocycles. The molecule has 2 aromatic rings. The molecule has 0 aliphatic rings. The molecule has 0 spiro atoms. The van der Waals surface area contributed by atoms with Gasteiger partial charge in [-0.1, -0.05) is 24.6 Å². The van der Waals surface area contributed by atoms with Gasteiger partial charge in [0.1, 0.15) is 11.5 Å².